The number of ether oxygens (including phenoxy) is 1. The van der Waals surface area contributed by atoms with E-state index in [9.17, 15) is 0 Å². The van der Waals surface area contributed by atoms with Crippen LogP contribution < -0.4 is 4.74 Å². The lowest BCUT2D eigenvalue weighted by Crippen LogP contribution is -1.98. The molecule has 0 atom stereocenters. The van der Waals surface area contributed by atoms with E-state index in [0.717, 1.165) is 34.5 Å². The number of aromatic nitrogens is 4. The number of hydrogen-bond acceptors (Lipinski definition) is 6. The normalized spacial score (nSPS) is 11.2. The topological polar surface area (TPSA) is 52.8 Å². The van der Waals surface area contributed by atoms with Gasteiger partial charge in [0.2, 0.25) is 0 Å². The zero-order chi connectivity index (χ0) is 17.6. The molecule has 0 saturated carbocycles. The first kappa shape index (κ1) is 17.9. The molecule has 0 unspecified atom stereocenters. The number of methoxy groups -OCH3 is 1. The zero-order valence-electron chi connectivity index (χ0n) is 14.7. The molecule has 0 spiro atoms. The van der Waals surface area contributed by atoms with Crippen LogP contribution in [-0.4, -0.2) is 26.9 Å². The first-order valence-electron chi connectivity index (χ1n) is 8.27. The maximum atomic E-state index is 5.44. The molecule has 0 amide bonds. The molecule has 132 valence electrons. The zero-order valence-corrected chi connectivity index (χ0v) is 16.3. The minimum atomic E-state index is 0.709. The van der Waals surface area contributed by atoms with E-state index in [2.05, 4.69) is 29.4 Å². The number of aryl methyl sites for hydroxylation is 1. The van der Waals surface area contributed by atoms with Crippen molar-refractivity contribution in [3.8, 4) is 11.4 Å². The van der Waals surface area contributed by atoms with Gasteiger partial charge in [0.1, 0.15) is 12.1 Å². The summed E-state index contributed by atoms with van der Waals surface area (Å²) < 4.78 is 7.39. The van der Waals surface area contributed by atoms with Gasteiger partial charge < -0.3 is 4.74 Å². The van der Waals surface area contributed by atoms with Crippen LogP contribution in [0.1, 0.15) is 31.0 Å². The lowest BCUT2D eigenvalue weighted by atomic mass is 10.1. The second kappa shape index (κ2) is 8.49. The van der Waals surface area contributed by atoms with Crippen molar-refractivity contribution in [1.29, 1.82) is 0 Å². The number of thiazole rings is 1. The number of thioether (sulfide) groups is 1. The van der Waals surface area contributed by atoms with E-state index < -0.39 is 0 Å². The smallest absolute Gasteiger partial charge is 0.196 e. The van der Waals surface area contributed by atoms with Crippen molar-refractivity contribution in [3.05, 3.63) is 46.7 Å². The highest BCUT2D eigenvalue weighted by Crippen LogP contribution is 2.28. The summed E-state index contributed by atoms with van der Waals surface area (Å²) in [5.74, 6) is 2.29. The van der Waals surface area contributed by atoms with Crippen molar-refractivity contribution in [2.24, 2.45) is 5.92 Å². The molecule has 2 aromatic heterocycles. The van der Waals surface area contributed by atoms with Crippen molar-refractivity contribution >= 4 is 23.1 Å². The molecule has 7 heteroatoms. The summed E-state index contributed by atoms with van der Waals surface area (Å²) in [6, 6.07) is 7.87. The highest BCUT2D eigenvalue weighted by molar-refractivity contribution is 7.98. The standard InChI is InChI=1S/C18H22N4OS2/c1-13(2)8-9-17-20-14(10-24-17)11-25-18-21-19-12-22(18)15-6-4-5-7-16(15)23-3/h4-7,10,12-13H,8-9,11H2,1-3H3. The molecule has 0 saturated heterocycles. The van der Waals surface area contributed by atoms with Crippen LogP contribution in [0.2, 0.25) is 0 Å². The van der Waals surface area contributed by atoms with E-state index in [-0.39, 0.29) is 0 Å². The molecule has 3 rings (SSSR count). The molecule has 25 heavy (non-hydrogen) atoms. The molecule has 0 aliphatic heterocycles. The fourth-order valence-electron chi connectivity index (χ4n) is 2.40. The summed E-state index contributed by atoms with van der Waals surface area (Å²) in [6.45, 7) is 4.49. The average Bonchev–Trinajstić information content (AvgIpc) is 3.27. The highest BCUT2D eigenvalue weighted by Gasteiger charge is 2.12. The minimum absolute atomic E-state index is 0.709. The van der Waals surface area contributed by atoms with Crippen LogP contribution in [0, 0.1) is 5.92 Å². The Labute approximate surface area is 156 Å². The quantitative estimate of drug-likeness (QED) is 0.539. The first-order valence-corrected chi connectivity index (χ1v) is 10.1. The predicted octanol–water partition coefficient (Wildman–Crippen LogP) is 4.61. The Morgan fingerprint density at radius 2 is 2.12 bits per heavy atom. The second-order valence-electron chi connectivity index (χ2n) is 6.11. The van der Waals surface area contributed by atoms with Gasteiger partial charge in [-0.3, -0.25) is 4.57 Å². The Kier molecular flexibility index (Phi) is 6.09. The minimum Gasteiger partial charge on any atom is -0.495 e. The molecular formula is C18H22N4OS2. The van der Waals surface area contributed by atoms with Gasteiger partial charge in [0.25, 0.3) is 0 Å². The lowest BCUT2D eigenvalue weighted by Gasteiger charge is -2.10. The highest BCUT2D eigenvalue weighted by atomic mass is 32.2. The molecule has 0 aliphatic rings. The number of benzene rings is 1. The van der Waals surface area contributed by atoms with Gasteiger partial charge in [0.15, 0.2) is 5.16 Å². The molecule has 3 aromatic rings. The molecule has 0 bridgehead atoms. The van der Waals surface area contributed by atoms with Crippen LogP contribution in [-0.2, 0) is 12.2 Å². The molecule has 0 N–H and O–H groups in total. The Bertz CT molecular complexity index is 813. The van der Waals surface area contributed by atoms with Gasteiger partial charge >= 0.3 is 0 Å². The van der Waals surface area contributed by atoms with E-state index >= 15 is 0 Å². The van der Waals surface area contributed by atoms with Crippen molar-refractivity contribution in [2.45, 2.75) is 37.6 Å². The maximum absolute atomic E-state index is 5.44. The third kappa shape index (κ3) is 4.61. The molecule has 0 aliphatic carbocycles. The van der Waals surface area contributed by atoms with Gasteiger partial charge in [0.05, 0.1) is 23.5 Å². The van der Waals surface area contributed by atoms with E-state index in [1.165, 1.54) is 11.4 Å². The SMILES string of the molecule is COc1ccccc1-n1cnnc1SCc1csc(CCC(C)C)n1. The molecule has 1 aromatic carbocycles. The Morgan fingerprint density at radius 1 is 1.28 bits per heavy atom. The molecule has 0 fully saturated rings. The van der Waals surface area contributed by atoms with Gasteiger partial charge in [-0.1, -0.05) is 37.7 Å². The number of nitrogens with zero attached hydrogens (tertiary/aromatic N) is 4. The summed E-state index contributed by atoms with van der Waals surface area (Å²) in [6.07, 6.45) is 3.96. The third-order valence-electron chi connectivity index (χ3n) is 3.75. The van der Waals surface area contributed by atoms with Crippen LogP contribution in [0.4, 0.5) is 0 Å². The summed E-state index contributed by atoms with van der Waals surface area (Å²) in [5.41, 5.74) is 2.04. The summed E-state index contributed by atoms with van der Waals surface area (Å²) in [7, 11) is 1.67. The molecular weight excluding hydrogens is 352 g/mol. The predicted molar refractivity (Wildman–Crippen MR) is 103 cm³/mol. The summed E-state index contributed by atoms with van der Waals surface area (Å²) in [4.78, 5) is 4.73. The van der Waals surface area contributed by atoms with Crippen LogP contribution in [0.3, 0.4) is 0 Å². The summed E-state index contributed by atoms with van der Waals surface area (Å²) >= 11 is 3.38. The monoisotopic (exact) mass is 374 g/mol. The largest absolute Gasteiger partial charge is 0.495 e. The van der Waals surface area contributed by atoms with Gasteiger partial charge in [-0.2, -0.15) is 0 Å². The molecule has 2 heterocycles. The third-order valence-corrected chi connectivity index (χ3v) is 5.68. The van der Waals surface area contributed by atoms with Crippen molar-refractivity contribution in [2.75, 3.05) is 7.11 Å². The number of para-hydroxylation sites is 2. The van der Waals surface area contributed by atoms with Crippen molar-refractivity contribution < 1.29 is 4.74 Å². The van der Waals surface area contributed by atoms with Gasteiger partial charge in [-0.15, -0.1) is 21.5 Å². The average molecular weight is 375 g/mol. The Hall–Kier alpha value is -1.86. The number of hydrogen-bond donors (Lipinski definition) is 0. The molecule has 5 nitrogen and oxygen atoms in total. The van der Waals surface area contributed by atoms with Crippen LogP contribution in [0.15, 0.2) is 41.1 Å². The van der Waals surface area contributed by atoms with Gasteiger partial charge in [0, 0.05) is 11.1 Å². The fourth-order valence-corrected chi connectivity index (χ4v) is 4.13. The Morgan fingerprint density at radius 3 is 2.92 bits per heavy atom. The van der Waals surface area contributed by atoms with Crippen molar-refractivity contribution in [1.82, 2.24) is 19.7 Å². The van der Waals surface area contributed by atoms with E-state index in [1.54, 1.807) is 36.5 Å². The van der Waals surface area contributed by atoms with Crippen molar-refractivity contribution in [3.63, 3.8) is 0 Å². The number of rotatable bonds is 8. The lowest BCUT2D eigenvalue weighted by molar-refractivity contribution is 0.412. The van der Waals surface area contributed by atoms with E-state index in [4.69, 9.17) is 9.72 Å². The summed E-state index contributed by atoms with van der Waals surface area (Å²) in [5, 5.41) is 12.5. The maximum Gasteiger partial charge on any atom is 0.196 e. The van der Waals surface area contributed by atoms with Gasteiger partial charge in [-0.25, -0.2) is 4.98 Å². The molecule has 0 radical (unpaired) electrons. The van der Waals surface area contributed by atoms with Crippen LogP contribution in [0.5, 0.6) is 5.75 Å². The second-order valence-corrected chi connectivity index (χ2v) is 7.99. The van der Waals surface area contributed by atoms with E-state index in [0.29, 0.717) is 5.92 Å². The Balaban J connectivity index is 1.68. The van der Waals surface area contributed by atoms with Crippen LogP contribution >= 0.6 is 23.1 Å². The first-order chi connectivity index (χ1) is 12.2. The van der Waals surface area contributed by atoms with Gasteiger partial charge in [-0.05, 0) is 30.9 Å². The van der Waals surface area contributed by atoms with E-state index in [1.807, 2.05) is 28.8 Å². The van der Waals surface area contributed by atoms with Crippen LogP contribution in [0.25, 0.3) is 5.69 Å². The fraction of sp³-hybridized carbons (Fsp3) is 0.389.